The van der Waals surface area contributed by atoms with Crippen molar-refractivity contribution in [3.8, 4) is 0 Å². The van der Waals surface area contributed by atoms with Crippen molar-refractivity contribution in [2.24, 2.45) is 0 Å². The Hall–Kier alpha value is -0.940. The summed E-state index contributed by atoms with van der Waals surface area (Å²) in [6.45, 7) is 5.41. The number of nitrogens with zero attached hydrogens (tertiary/aromatic N) is 3. The first kappa shape index (κ1) is 15.6. The van der Waals surface area contributed by atoms with Crippen LogP contribution in [0.2, 0.25) is 0 Å². The van der Waals surface area contributed by atoms with Gasteiger partial charge in [0.25, 0.3) is 5.91 Å². The molecule has 1 aromatic rings. The summed E-state index contributed by atoms with van der Waals surface area (Å²) in [6.07, 6.45) is 8.57. The summed E-state index contributed by atoms with van der Waals surface area (Å²) < 4.78 is 0. The van der Waals surface area contributed by atoms with Crippen LogP contribution in [0.25, 0.3) is 0 Å². The molecule has 23 heavy (non-hydrogen) atoms. The summed E-state index contributed by atoms with van der Waals surface area (Å²) in [6, 6.07) is 0.958. The van der Waals surface area contributed by atoms with Crippen molar-refractivity contribution in [1.29, 1.82) is 0 Å². The molecule has 0 spiro atoms. The number of hydrogen-bond donors (Lipinski definition) is 0. The summed E-state index contributed by atoms with van der Waals surface area (Å²) in [5, 5.41) is 0. The van der Waals surface area contributed by atoms with Gasteiger partial charge in [0.2, 0.25) is 0 Å². The Balaban J connectivity index is 1.57. The lowest BCUT2D eigenvalue weighted by Crippen LogP contribution is -2.57. The van der Waals surface area contributed by atoms with Crippen molar-refractivity contribution in [2.75, 3.05) is 19.6 Å². The number of piperazine rings is 1. The third-order valence-corrected chi connectivity index (χ3v) is 6.89. The van der Waals surface area contributed by atoms with E-state index in [0.29, 0.717) is 18.0 Å². The molecule has 4 nitrogen and oxygen atoms in total. The third-order valence-electron chi connectivity index (χ3n) is 6.06. The highest BCUT2D eigenvalue weighted by molar-refractivity contribution is 7.11. The number of thiazole rings is 1. The van der Waals surface area contributed by atoms with E-state index in [0.717, 1.165) is 30.1 Å². The first-order valence-electron chi connectivity index (χ1n) is 9.26. The number of rotatable bonds is 3. The Bertz CT molecular complexity index is 566. The van der Waals surface area contributed by atoms with Gasteiger partial charge in [0.15, 0.2) is 0 Å². The van der Waals surface area contributed by atoms with Gasteiger partial charge in [0.1, 0.15) is 4.88 Å². The van der Waals surface area contributed by atoms with Crippen molar-refractivity contribution in [2.45, 2.75) is 69.9 Å². The van der Waals surface area contributed by atoms with Gasteiger partial charge < -0.3 is 4.90 Å². The number of carbonyl (C=O) groups is 1. The fraction of sp³-hybridized carbons (Fsp3) is 0.778. The molecule has 0 radical (unpaired) electrons. The van der Waals surface area contributed by atoms with Crippen LogP contribution in [0.5, 0.6) is 0 Å². The molecule has 5 heteroatoms. The normalized spacial score (nSPS) is 29.2. The van der Waals surface area contributed by atoms with Crippen molar-refractivity contribution in [3.05, 3.63) is 16.1 Å². The van der Waals surface area contributed by atoms with Crippen molar-refractivity contribution in [1.82, 2.24) is 14.8 Å². The Morgan fingerprint density at radius 3 is 2.87 bits per heavy atom. The summed E-state index contributed by atoms with van der Waals surface area (Å²) in [5.74, 6) is 0.779. The van der Waals surface area contributed by atoms with Gasteiger partial charge in [0, 0.05) is 31.1 Å². The molecule has 0 N–H and O–H groups in total. The molecule has 3 heterocycles. The monoisotopic (exact) mass is 333 g/mol. The molecule has 126 valence electrons. The highest BCUT2D eigenvalue weighted by Crippen LogP contribution is 2.37. The number of aromatic nitrogens is 1. The van der Waals surface area contributed by atoms with E-state index in [1.165, 1.54) is 45.1 Å². The maximum atomic E-state index is 13.3. The SMILES string of the molecule is CC[C@H]1CN2CCC[C@@H]2CN1C(=O)c1scnc1C1CCCC1. The van der Waals surface area contributed by atoms with E-state index in [1.54, 1.807) is 11.3 Å². The van der Waals surface area contributed by atoms with E-state index in [-0.39, 0.29) is 5.91 Å². The minimum Gasteiger partial charge on any atom is -0.332 e. The number of carbonyl (C=O) groups excluding carboxylic acids is 1. The molecule has 1 aliphatic carbocycles. The van der Waals surface area contributed by atoms with Gasteiger partial charge in [-0.2, -0.15) is 0 Å². The molecular formula is C18H27N3OS. The maximum Gasteiger partial charge on any atom is 0.266 e. The second-order valence-electron chi connectivity index (χ2n) is 7.36. The molecule has 4 rings (SSSR count). The van der Waals surface area contributed by atoms with E-state index in [1.807, 2.05) is 5.51 Å². The Morgan fingerprint density at radius 1 is 1.26 bits per heavy atom. The Kier molecular flexibility index (Phi) is 4.41. The summed E-state index contributed by atoms with van der Waals surface area (Å²) in [5.41, 5.74) is 2.98. The average Bonchev–Trinajstić information content (AvgIpc) is 3.32. The van der Waals surface area contributed by atoms with E-state index >= 15 is 0 Å². The van der Waals surface area contributed by atoms with Gasteiger partial charge in [-0.3, -0.25) is 9.69 Å². The third kappa shape index (κ3) is 2.82. The molecule has 1 amide bonds. The van der Waals surface area contributed by atoms with Gasteiger partial charge in [-0.05, 0) is 38.6 Å². The molecule has 2 saturated heterocycles. The van der Waals surface area contributed by atoms with Gasteiger partial charge in [-0.25, -0.2) is 4.98 Å². The van der Waals surface area contributed by atoms with Crippen molar-refractivity contribution < 1.29 is 4.79 Å². The Labute approximate surface area is 142 Å². The zero-order valence-corrected chi connectivity index (χ0v) is 14.9. The van der Waals surface area contributed by atoms with Crippen molar-refractivity contribution >= 4 is 17.2 Å². The Morgan fingerprint density at radius 2 is 2.09 bits per heavy atom. The van der Waals surface area contributed by atoms with Crippen LogP contribution in [0.4, 0.5) is 0 Å². The van der Waals surface area contributed by atoms with Gasteiger partial charge in [-0.1, -0.05) is 19.8 Å². The van der Waals surface area contributed by atoms with Crippen molar-refractivity contribution in [3.63, 3.8) is 0 Å². The summed E-state index contributed by atoms with van der Waals surface area (Å²) >= 11 is 1.56. The molecular weight excluding hydrogens is 306 g/mol. The fourth-order valence-electron chi connectivity index (χ4n) is 4.72. The fourth-order valence-corrected chi connectivity index (χ4v) is 5.55. The van der Waals surface area contributed by atoms with E-state index in [2.05, 4.69) is 21.7 Å². The lowest BCUT2D eigenvalue weighted by atomic mass is 10.0. The van der Waals surface area contributed by atoms with Gasteiger partial charge in [0.05, 0.1) is 11.2 Å². The maximum absolute atomic E-state index is 13.3. The van der Waals surface area contributed by atoms with E-state index in [9.17, 15) is 4.79 Å². The zero-order valence-electron chi connectivity index (χ0n) is 14.0. The molecule has 3 fully saturated rings. The quantitative estimate of drug-likeness (QED) is 0.849. The van der Waals surface area contributed by atoms with Crippen LogP contribution in [-0.4, -0.2) is 52.4 Å². The zero-order chi connectivity index (χ0) is 15.8. The minimum absolute atomic E-state index is 0.257. The van der Waals surface area contributed by atoms with Gasteiger partial charge in [-0.15, -0.1) is 11.3 Å². The second-order valence-corrected chi connectivity index (χ2v) is 8.21. The molecule has 2 atom stereocenters. The highest BCUT2D eigenvalue weighted by Gasteiger charge is 2.39. The van der Waals surface area contributed by atoms with Crippen LogP contribution < -0.4 is 0 Å². The lowest BCUT2D eigenvalue weighted by molar-refractivity contribution is 0.0348. The van der Waals surface area contributed by atoms with Crippen LogP contribution in [0.15, 0.2) is 5.51 Å². The first-order chi connectivity index (χ1) is 11.3. The van der Waals surface area contributed by atoms with Crippen LogP contribution in [0, 0.1) is 0 Å². The number of fused-ring (bicyclic) bond motifs is 1. The lowest BCUT2D eigenvalue weighted by Gasteiger charge is -2.43. The summed E-state index contributed by atoms with van der Waals surface area (Å²) in [4.78, 5) is 23.6. The largest absolute Gasteiger partial charge is 0.332 e. The number of hydrogen-bond acceptors (Lipinski definition) is 4. The molecule has 2 aliphatic heterocycles. The topological polar surface area (TPSA) is 36.4 Å². The van der Waals surface area contributed by atoms with Gasteiger partial charge >= 0.3 is 0 Å². The molecule has 3 aliphatic rings. The standard InChI is InChI=1S/C18H27N3OS/c1-2-14-10-20-9-5-8-15(20)11-21(14)18(22)17-16(19-12-23-17)13-6-3-4-7-13/h12-15H,2-11H2,1H3/t14-,15+/m0/s1. The molecule has 0 aromatic carbocycles. The molecule has 0 unspecified atom stereocenters. The van der Waals surface area contributed by atoms with Crippen LogP contribution in [0.1, 0.15) is 73.2 Å². The van der Waals surface area contributed by atoms with Crippen LogP contribution in [0.3, 0.4) is 0 Å². The smallest absolute Gasteiger partial charge is 0.266 e. The highest BCUT2D eigenvalue weighted by atomic mass is 32.1. The predicted molar refractivity (Wildman–Crippen MR) is 93.0 cm³/mol. The minimum atomic E-state index is 0.257. The average molecular weight is 334 g/mol. The first-order valence-corrected chi connectivity index (χ1v) is 10.1. The predicted octanol–water partition coefficient (Wildman–Crippen LogP) is 3.50. The molecule has 1 saturated carbocycles. The molecule has 0 bridgehead atoms. The second kappa shape index (κ2) is 6.52. The van der Waals surface area contributed by atoms with E-state index < -0.39 is 0 Å². The van der Waals surface area contributed by atoms with Crippen LogP contribution >= 0.6 is 11.3 Å². The molecule has 1 aromatic heterocycles. The van der Waals surface area contributed by atoms with Crippen LogP contribution in [-0.2, 0) is 0 Å². The number of amides is 1. The summed E-state index contributed by atoms with van der Waals surface area (Å²) in [7, 11) is 0. The van der Waals surface area contributed by atoms with E-state index in [4.69, 9.17) is 0 Å².